The first kappa shape index (κ1) is 19.8. The van der Waals surface area contributed by atoms with E-state index in [0.717, 1.165) is 31.9 Å². The standard InChI is InChI=1S/C24H31N5/c1-18-4-5-21(14-19(18)2)24-22(15-26-27-24)17-29(16-20-6-10-25-11-7-20)23-8-12-28(3)13-9-23/h4-7,10-11,14-15,23H,8-9,12-13,16-17H2,1-3H3,(H,26,27). The maximum Gasteiger partial charge on any atom is 0.0695 e. The number of likely N-dealkylation sites (tertiary alicyclic amines) is 1. The first-order chi connectivity index (χ1) is 14.1. The maximum absolute atomic E-state index is 4.40. The third-order valence-electron chi connectivity index (χ3n) is 6.23. The molecule has 1 aromatic carbocycles. The monoisotopic (exact) mass is 389 g/mol. The molecule has 1 fully saturated rings. The lowest BCUT2D eigenvalue weighted by Crippen LogP contribution is -2.43. The van der Waals surface area contributed by atoms with Crippen molar-refractivity contribution in [2.24, 2.45) is 0 Å². The van der Waals surface area contributed by atoms with Crippen molar-refractivity contribution in [3.63, 3.8) is 0 Å². The number of aromatic amines is 1. The Morgan fingerprint density at radius 1 is 1.03 bits per heavy atom. The van der Waals surface area contributed by atoms with Crippen molar-refractivity contribution in [2.45, 2.75) is 45.8 Å². The fourth-order valence-corrected chi connectivity index (χ4v) is 4.19. The van der Waals surface area contributed by atoms with Crippen molar-refractivity contribution in [3.05, 3.63) is 71.2 Å². The molecule has 1 saturated heterocycles. The lowest BCUT2D eigenvalue weighted by Gasteiger charge is -2.37. The topological polar surface area (TPSA) is 48.1 Å². The largest absolute Gasteiger partial charge is 0.306 e. The Labute approximate surface area is 173 Å². The molecule has 1 aliphatic rings. The highest BCUT2D eigenvalue weighted by Gasteiger charge is 2.24. The van der Waals surface area contributed by atoms with Crippen LogP contribution in [-0.2, 0) is 13.1 Å². The van der Waals surface area contributed by atoms with Gasteiger partial charge in [-0.05, 0) is 81.7 Å². The van der Waals surface area contributed by atoms with Crippen LogP contribution in [0.15, 0.2) is 48.9 Å². The van der Waals surface area contributed by atoms with Gasteiger partial charge in [0.25, 0.3) is 0 Å². The van der Waals surface area contributed by atoms with E-state index in [1.807, 2.05) is 18.6 Å². The van der Waals surface area contributed by atoms with Gasteiger partial charge in [0.2, 0.25) is 0 Å². The summed E-state index contributed by atoms with van der Waals surface area (Å²) in [6.07, 6.45) is 8.19. The van der Waals surface area contributed by atoms with E-state index >= 15 is 0 Å². The molecule has 152 valence electrons. The van der Waals surface area contributed by atoms with E-state index in [0.29, 0.717) is 6.04 Å². The first-order valence-corrected chi connectivity index (χ1v) is 10.5. The van der Waals surface area contributed by atoms with Crippen LogP contribution in [0, 0.1) is 13.8 Å². The number of rotatable bonds is 6. The molecular weight excluding hydrogens is 358 g/mol. The smallest absolute Gasteiger partial charge is 0.0695 e. The Kier molecular flexibility index (Phi) is 6.07. The summed E-state index contributed by atoms with van der Waals surface area (Å²) < 4.78 is 0. The number of hydrogen-bond donors (Lipinski definition) is 1. The van der Waals surface area contributed by atoms with Crippen molar-refractivity contribution in [2.75, 3.05) is 20.1 Å². The van der Waals surface area contributed by atoms with Gasteiger partial charge >= 0.3 is 0 Å². The fraction of sp³-hybridized carbons (Fsp3) is 0.417. The molecule has 1 aliphatic heterocycles. The molecule has 5 nitrogen and oxygen atoms in total. The predicted molar refractivity (Wildman–Crippen MR) is 118 cm³/mol. The van der Waals surface area contributed by atoms with Crippen LogP contribution < -0.4 is 0 Å². The van der Waals surface area contributed by atoms with E-state index in [1.165, 1.54) is 40.7 Å². The molecule has 0 unspecified atom stereocenters. The second-order valence-electron chi connectivity index (χ2n) is 8.36. The molecule has 2 aromatic heterocycles. The number of H-pyrrole nitrogens is 1. The Hall–Kier alpha value is -2.50. The van der Waals surface area contributed by atoms with Gasteiger partial charge in [0, 0.05) is 42.7 Å². The number of hydrogen-bond acceptors (Lipinski definition) is 4. The fourth-order valence-electron chi connectivity index (χ4n) is 4.19. The minimum atomic E-state index is 0.585. The van der Waals surface area contributed by atoms with E-state index in [4.69, 9.17) is 0 Å². The van der Waals surface area contributed by atoms with Crippen molar-refractivity contribution in [1.29, 1.82) is 0 Å². The van der Waals surface area contributed by atoms with E-state index in [9.17, 15) is 0 Å². The summed E-state index contributed by atoms with van der Waals surface area (Å²) in [5.41, 5.74) is 7.57. The van der Waals surface area contributed by atoms with Crippen molar-refractivity contribution < 1.29 is 0 Å². The molecule has 0 saturated carbocycles. The zero-order valence-electron chi connectivity index (χ0n) is 17.7. The molecule has 5 heteroatoms. The van der Waals surface area contributed by atoms with Crippen LogP contribution in [0.5, 0.6) is 0 Å². The normalized spacial score (nSPS) is 15.9. The predicted octanol–water partition coefficient (Wildman–Crippen LogP) is 4.18. The highest BCUT2D eigenvalue weighted by Crippen LogP contribution is 2.27. The van der Waals surface area contributed by atoms with Gasteiger partial charge in [-0.2, -0.15) is 5.10 Å². The second kappa shape index (κ2) is 8.89. The highest BCUT2D eigenvalue weighted by atomic mass is 15.2. The van der Waals surface area contributed by atoms with Gasteiger partial charge in [0.05, 0.1) is 11.9 Å². The average Bonchev–Trinajstić information content (AvgIpc) is 3.19. The minimum Gasteiger partial charge on any atom is -0.306 e. The molecular formula is C24H31N5. The van der Waals surface area contributed by atoms with E-state index in [1.54, 1.807) is 0 Å². The number of piperidine rings is 1. The van der Waals surface area contributed by atoms with Crippen LogP contribution in [0.1, 0.15) is 35.1 Å². The molecule has 0 bridgehead atoms. The summed E-state index contributed by atoms with van der Waals surface area (Å²) in [6, 6.07) is 11.5. The zero-order chi connectivity index (χ0) is 20.2. The van der Waals surface area contributed by atoms with Gasteiger partial charge in [0.1, 0.15) is 0 Å². The van der Waals surface area contributed by atoms with E-state index in [-0.39, 0.29) is 0 Å². The van der Waals surface area contributed by atoms with E-state index in [2.05, 4.69) is 76.2 Å². The summed E-state index contributed by atoms with van der Waals surface area (Å²) in [6.45, 7) is 8.48. The second-order valence-corrected chi connectivity index (χ2v) is 8.36. The van der Waals surface area contributed by atoms with Gasteiger partial charge in [0.15, 0.2) is 0 Å². The third kappa shape index (κ3) is 4.74. The van der Waals surface area contributed by atoms with Crippen molar-refractivity contribution >= 4 is 0 Å². The first-order valence-electron chi connectivity index (χ1n) is 10.5. The molecule has 1 N–H and O–H groups in total. The average molecular weight is 390 g/mol. The van der Waals surface area contributed by atoms with Gasteiger partial charge in [-0.15, -0.1) is 0 Å². The number of aryl methyl sites for hydroxylation is 2. The lowest BCUT2D eigenvalue weighted by atomic mass is 9.99. The molecule has 0 aliphatic carbocycles. The zero-order valence-corrected chi connectivity index (χ0v) is 17.7. The van der Waals surface area contributed by atoms with Crippen LogP contribution in [0.3, 0.4) is 0 Å². The molecule has 0 spiro atoms. The number of pyridine rings is 1. The number of nitrogens with one attached hydrogen (secondary N) is 1. The Balaban J connectivity index is 1.59. The Morgan fingerprint density at radius 2 is 1.79 bits per heavy atom. The molecule has 0 atom stereocenters. The highest BCUT2D eigenvalue weighted by molar-refractivity contribution is 5.64. The van der Waals surface area contributed by atoms with Gasteiger partial charge < -0.3 is 4.90 Å². The SMILES string of the molecule is Cc1ccc(-c2[nH]ncc2CN(Cc2ccncc2)C2CCN(C)CC2)cc1C. The van der Waals surface area contributed by atoms with Crippen LogP contribution in [0.25, 0.3) is 11.3 Å². The molecule has 0 amide bonds. The summed E-state index contributed by atoms with van der Waals surface area (Å²) in [7, 11) is 2.22. The van der Waals surface area contributed by atoms with E-state index < -0.39 is 0 Å². The summed E-state index contributed by atoms with van der Waals surface area (Å²) >= 11 is 0. The van der Waals surface area contributed by atoms with Crippen LogP contribution in [-0.4, -0.2) is 51.2 Å². The van der Waals surface area contributed by atoms with Crippen molar-refractivity contribution in [1.82, 2.24) is 25.0 Å². The minimum absolute atomic E-state index is 0.585. The summed E-state index contributed by atoms with van der Waals surface area (Å²) in [4.78, 5) is 9.23. The van der Waals surface area contributed by atoms with Gasteiger partial charge in [-0.25, -0.2) is 0 Å². The van der Waals surface area contributed by atoms with Gasteiger partial charge in [-0.3, -0.25) is 15.0 Å². The molecule has 4 rings (SSSR count). The molecule has 0 radical (unpaired) electrons. The quantitative estimate of drug-likeness (QED) is 0.687. The van der Waals surface area contributed by atoms with Crippen molar-refractivity contribution in [3.8, 4) is 11.3 Å². The van der Waals surface area contributed by atoms with Gasteiger partial charge in [-0.1, -0.05) is 12.1 Å². The number of nitrogens with zero attached hydrogens (tertiary/aromatic N) is 4. The van der Waals surface area contributed by atoms with Crippen LogP contribution >= 0.6 is 0 Å². The van der Waals surface area contributed by atoms with Crippen LogP contribution in [0.4, 0.5) is 0 Å². The Bertz CT molecular complexity index is 925. The number of benzene rings is 1. The molecule has 3 aromatic rings. The van der Waals surface area contributed by atoms with Crippen LogP contribution in [0.2, 0.25) is 0 Å². The molecule has 3 heterocycles. The number of aromatic nitrogens is 3. The maximum atomic E-state index is 4.40. The Morgan fingerprint density at radius 3 is 2.52 bits per heavy atom. The third-order valence-corrected chi connectivity index (χ3v) is 6.23. The lowest BCUT2D eigenvalue weighted by molar-refractivity contribution is 0.108. The summed E-state index contributed by atoms with van der Waals surface area (Å²) in [5, 5.41) is 7.65. The molecule has 29 heavy (non-hydrogen) atoms. The summed E-state index contributed by atoms with van der Waals surface area (Å²) in [5.74, 6) is 0.